The highest BCUT2D eigenvalue weighted by Crippen LogP contribution is 2.76. The van der Waals surface area contributed by atoms with Crippen LogP contribution < -0.4 is 28.4 Å². The molecule has 6 saturated carbocycles. The van der Waals surface area contributed by atoms with Crippen molar-refractivity contribution in [3.63, 3.8) is 0 Å². The van der Waals surface area contributed by atoms with Crippen molar-refractivity contribution in [1.82, 2.24) is 29.7 Å². The summed E-state index contributed by atoms with van der Waals surface area (Å²) in [5, 5.41) is 75.5. The largest absolute Gasteiger partial charge is 0.481 e. The van der Waals surface area contributed by atoms with E-state index in [1.54, 1.807) is 63.2 Å². The molecule has 6 aromatic carbocycles. The third kappa shape index (κ3) is 10.8. The van der Waals surface area contributed by atoms with E-state index in [1.807, 2.05) is 115 Å². The molecule has 21 rings (SSSR count). The van der Waals surface area contributed by atoms with Crippen LogP contribution in [0.1, 0.15) is 106 Å². The van der Waals surface area contributed by atoms with E-state index in [1.165, 1.54) is 39.5 Å². The van der Waals surface area contributed by atoms with Crippen LogP contribution in [0.25, 0.3) is 9.69 Å². The Bertz CT molecular complexity index is 5420. The van der Waals surface area contributed by atoms with Crippen molar-refractivity contribution in [2.24, 2.45) is 17.8 Å². The molecule has 9 heterocycles. The van der Waals surface area contributed by atoms with Crippen LogP contribution >= 0.6 is 50.7 Å². The van der Waals surface area contributed by atoms with E-state index in [4.69, 9.17) is 76.4 Å². The van der Waals surface area contributed by atoms with Crippen LogP contribution in [0.4, 0.5) is 37.7 Å². The Labute approximate surface area is 703 Å². The smallest absolute Gasteiger partial charge is 0.268 e. The van der Waals surface area contributed by atoms with Crippen molar-refractivity contribution >= 4 is 62.1 Å². The number of aromatic nitrogens is 3. The van der Waals surface area contributed by atoms with E-state index < -0.39 is 122 Å². The fourth-order valence-electron chi connectivity index (χ4n) is 22.5. The van der Waals surface area contributed by atoms with Crippen molar-refractivity contribution < 1.29 is 85.4 Å². The number of alkyl halides is 6. The number of pyridine rings is 3. The van der Waals surface area contributed by atoms with Gasteiger partial charge in [0.1, 0.15) is 32.7 Å². The third-order valence-electron chi connectivity index (χ3n) is 28.4. The van der Waals surface area contributed by atoms with Crippen molar-refractivity contribution in [3.8, 4) is 34.9 Å². The zero-order chi connectivity index (χ0) is 83.5. The van der Waals surface area contributed by atoms with Gasteiger partial charge in [-0.2, -0.15) is 0 Å². The minimum atomic E-state index is -2.77. The Hall–Kier alpha value is -8.88. The molecule has 6 aliphatic carbocycles. The summed E-state index contributed by atoms with van der Waals surface area (Å²) in [6.07, 6.45) is -3.72. The number of methoxy groups -OCH3 is 3. The second-order valence-corrected chi connectivity index (χ2v) is 35.5. The molecule has 3 spiro atoms. The maximum Gasteiger partial charge on any atom is 0.268 e. The van der Waals surface area contributed by atoms with Crippen molar-refractivity contribution in [2.45, 2.75) is 143 Å². The zero-order valence-corrected chi connectivity index (χ0v) is 67.8. The molecule has 9 fully saturated rings. The van der Waals surface area contributed by atoms with Gasteiger partial charge in [0.25, 0.3) is 17.8 Å². The molecule has 616 valence electrons. The Morgan fingerprint density at radius 2 is 0.681 bits per heavy atom. The topological polar surface area (TPSA) is 234 Å². The van der Waals surface area contributed by atoms with Crippen LogP contribution in [0.2, 0.25) is 15.5 Å². The average molecular weight is 1750 g/mol. The van der Waals surface area contributed by atoms with Gasteiger partial charge in [-0.05, 0) is 64.8 Å². The molecule has 18 atom stereocenters. The van der Waals surface area contributed by atoms with Crippen molar-refractivity contribution in [1.29, 1.82) is 0 Å². The molecule has 6 aliphatic heterocycles. The maximum atomic E-state index is 14.5. The lowest BCUT2D eigenvalue weighted by Crippen LogP contribution is -2.56. The van der Waals surface area contributed by atoms with E-state index in [2.05, 4.69) is 40.6 Å². The zero-order valence-electron chi connectivity index (χ0n) is 64.0. The number of aliphatic hydroxyl groups excluding tert-OH is 3. The highest BCUT2D eigenvalue weighted by Gasteiger charge is 2.85. The molecule has 3 unspecified atom stereocenters. The number of fused-ring (bicyclic) bond motifs is 9. The Balaban J connectivity index is 0.000000118. The summed E-state index contributed by atoms with van der Waals surface area (Å²) in [6.45, 7) is 16.7. The Kier molecular flexibility index (Phi) is 18.5. The van der Waals surface area contributed by atoms with Gasteiger partial charge in [-0.1, -0.05) is 202 Å². The SMILES string of the molecule is COc1nc(Cl)cc2c1[C@]1(O)[C@H](O)[C@H](CN3CCC34CC4(F)F)[C@@H](c3ccccc3)[C@]1(c1ccc(Br)cc1)O2.[C-]#[N+]c1ccc([C@@]23Oc4cc(Cl)nc(OC)c4[C@]2(O)[C@H](O)[C@H](CN2CCC24CC4(F)F)[C@H]3c2ccccc2)cc1.[C-]#[N+]c1ccc([C@@]23Oc4cc(Cl)nc(OC)c4[C@]2(O)[C@H](O)[C@H](CN2CCC24CC4(F)F)[C@H]3c2ccccc2)cc1. The summed E-state index contributed by atoms with van der Waals surface area (Å²) in [5.74, 6) is -11.7. The number of aliphatic hydroxyl groups is 6. The standard InChI is InChI=1S/2C30H26ClF2N3O4.C29H26BrClF2N2O4/c2*1-34-19-10-8-18(9-11-19)30-23(17-6-4-3-5-7-17)20(15-36-13-12-27(36)16-28(27,32)33)25(37)29(30,38)24-21(40-30)14-22(31)35-26(24)39-2;1-38-25-23-20(13-21(31)34-25)39-29(17-7-9-18(30)10-8-17)22(16-5-3-2-4-6-16)19(24(36)28(23,29)37)14-35-12-11-26(35)15-27(26,32)33/h2*3-11,14,20,23,25,37-38H,12-13,15-16H2,2H3;2-10,13,19,22,24,36-37H,11-12,14-15H2,1H3/t2*20-,23-,25-,27?,29+,30+;19-,22-,24-,26?,28+,29+/m111/s1. The van der Waals surface area contributed by atoms with Gasteiger partial charge in [-0.25, -0.2) is 51.0 Å². The summed E-state index contributed by atoms with van der Waals surface area (Å²) in [5.41, 5.74) is -9.27. The number of likely N-dealkylation sites (tertiary alicyclic amines) is 3. The van der Waals surface area contributed by atoms with Crippen LogP contribution in [-0.2, 0) is 33.6 Å². The molecule has 9 aromatic rings. The van der Waals surface area contributed by atoms with Crippen molar-refractivity contribution in [2.75, 3.05) is 60.6 Å². The number of nitrogens with zero attached hydrogens (tertiary/aromatic N) is 8. The molecule has 3 saturated heterocycles. The van der Waals surface area contributed by atoms with Crippen molar-refractivity contribution in [3.05, 3.63) is 275 Å². The molecule has 30 heteroatoms. The molecule has 6 N–H and O–H groups in total. The normalized spacial score (nSPS) is 35.2. The number of halogens is 10. The van der Waals surface area contributed by atoms with Gasteiger partial charge < -0.3 is 59.1 Å². The van der Waals surface area contributed by atoms with Crippen LogP contribution in [-0.4, -0.2) is 174 Å². The van der Waals surface area contributed by atoms with Gasteiger partial charge in [0.2, 0.25) is 17.6 Å². The lowest BCUT2D eigenvalue weighted by Gasteiger charge is -2.45. The van der Waals surface area contributed by atoms with Gasteiger partial charge >= 0.3 is 0 Å². The molecular formula is C89H78BrCl3F6N8O12. The van der Waals surface area contributed by atoms with Crippen LogP contribution in [0, 0.1) is 30.9 Å². The van der Waals surface area contributed by atoms with Crippen LogP contribution in [0.15, 0.2) is 186 Å². The van der Waals surface area contributed by atoms with E-state index in [-0.39, 0.29) is 106 Å². The Morgan fingerprint density at radius 1 is 0.429 bits per heavy atom. The van der Waals surface area contributed by atoms with Gasteiger partial charge in [-0.15, -0.1) is 0 Å². The second-order valence-electron chi connectivity index (χ2n) is 33.4. The third-order valence-corrected chi connectivity index (χ3v) is 29.5. The fourth-order valence-corrected chi connectivity index (χ4v) is 23.3. The molecular weight excluding hydrogens is 1670 g/mol. The highest BCUT2D eigenvalue weighted by atomic mass is 79.9. The average Bonchev–Trinajstić information content (AvgIpc) is 1.50. The quantitative estimate of drug-likeness (QED) is 0.0318. The van der Waals surface area contributed by atoms with E-state index in [9.17, 15) is 57.0 Å². The van der Waals surface area contributed by atoms with E-state index >= 15 is 0 Å². The molecule has 0 bridgehead atoms. The number of rotatable bonds is 15. The Morgan fingerprint density at radius 3 is 0.899 bits per heavy atom. The first-order valence-corrected chi connectivity index (χ1v) is 41.1. The predicted octanol–water partition coefficient (Wildman–Crippen LogP) is 15.3. The summed E-state index contributed by atoms with van der Waals surface area (Å²) in [6, 6.07) is 53.3. The summed E-state index contributed by atoms with van der Waals surface area (Å²) < 4.78 is 125. The summed E-state index contributed by atoms with van der Waals surface area (Å²) in [4.78, 5) is 25.0. The van der Waals surface area contributed by atoms with E-state index in [0.717, 1.165) is 21.2 Å². The van der Waals surface area contributed by atoms with Gasteiger partial charge in [0.15, 0.2) is 45.0 Å². The number of hydrogen-bond acceptors (Lipinski definition) is 18. The molecule has 0 amide bonds. The van der Waals surface area contributed by atoms with Gasteiger partial charge in [-0.3, -0.25) is 14.7 Å². The number of benzene rings is 6. The minimum Gasteiger partial charge on any atom is -0.481 e. The lowest BCUT2D eigenvalue weighted by atomic mass is 9.70. The molecule has 0 radical (unpaired) electrons. The molecule has 12 aliphatic rings. The fraction of sp³-hybridized carbons (Fsp3) is 0.404. The number of hydrogen-bond donors (Lipinski definition) is 6. The minimum absolute atomic E-state index is 0.00492. The number of ether oxygens (including phenoxy) is 6. The maximum absolute atomic E-state index is 14.5. The van der Waals surface area contributed by atoms with Gasteiger partial charge in [0.05, 0.1) is 86.1 Å². The summed E-state index contributed by atoms with van der Waals surface area (Å²) in [7, 11) is 4.19. The first-order chi connectivity index (χ1) is 56.8. The monoisotopic (exact) mass is 1750 g/mol. The first-order valence-electron chi connectivity index (χ1n) is 39.1. The molecule has 20 nitrogen and oxygen atoms in total. The first kappa shape index (κ1) is 79.9. The van der Waals surface area contributed by atoms with Crippen LogP contribution in [0.5, 0.6) is 34.9 Å². The van der Waals surface area contributed by atoms with Gasteiger partial charge in [0, 0.05) is 117 Å². The molecule has 119 heavy (non-hydrogen) atoms. The molecule has 3 aromatic heterocycles. The highest BCUT2D eigenvalue weighted by molar-refractivity contribution is 9.10. The van der Waals surface area contributed by atoms with E-state index in [0.29, 0.717) is 67.0 Å². The predicted molar refractivity (Wildman–Crippen MR) is 427 cm³/mol. The second kappa shape index (κ2) is 27.6. The van der Waals surface area contributed by atoms with Crippen LogP contribution in [0.3, 0.4) is 0 Å². The lowest BCUT2D eigenvalue weighted by molar-refractivity contribution is -0.153. The summed E-state index contributed by atoms with van der Waals surface area (Å²) >= 11 is 22.4.